The van der Waals surface area contributed by atoms with Gasteiger partial charge in [-0.05, 0) is 47.5 Å². The molecule has 2 N–H and O–H groups in total. The fraction of sp³-hybridized carbons (Fsp3) is 0.231. The number of nitrogens with one attached hydrogen (secondary N) is 1. The molecule has 3 aromatic carbocycles. The van der Waals surface area contributed by atoms with E-state index in [1.54, 1.807) is 36.4 Å². The maximum absolute atomic E-state index is 13.5. The van der Waals surface area contributed by atoms with E-state index in [4.69, 9.17) is 25.1 Å². The number of aliphatic hydroxyl groups is 1. The maximum atomic E-state index is 13.5. The van der Waals surface area contributed by atoms with E-state index in [2.05, 4.69) is 15.3 Å². The molecule has 9 heteroatoms. The number of anilines is 1. The number of aliphatic hydroxyl groups excluding tert-OH is 1. The van der Waals surface area contributed by atoms with E-state index >= 15 is 0 Å². The summed E-state index contributed by atoms with van der Waals surface area (Å²) in [6, 6.07) is 23.5. The van der Waals surface area contributed by atoms with Gasteiger partial charge < -0.3 is 19.9 Å². The van der Waals surface area contributed by atoms with Gasteiger partial charge in [0.25, 0.3) is 5.91 Å². The molecule has 9 nitrogen and oxygen atoms in total. The first-order valence-electron chi connectivity index (χ1n) is 11.2. The summed E-state index contributed by atoms with van der Waals surface area (Å²) in [5, 5.41) is 15.6. The van der Waals surface area contributed by atoms with Crippen molar-refractivity contribution in [2.24, 2.45) is 10.1 Å². The van der Waals surface area contributed by atoms with Gasteiger partial charge in [-0.3, -0.25) is 4.79 Å². The topological polar surface area (TPSA) is 129 Å². The number of carbonyl (C=O) groups excluding carboxylic acids is 1. The number of ether oxygens (including phenoxy) is 2. The third kappa shape index (κ3) is 5.78. The van der Waals surface area contributed by atoms with Gasteiger partial charge in [0.1, 0.15) is 12.4 Å². The minimum Gasteiger partial charge on any atom is -0.494 e. The first-order chi connectivity index (χ1) is 17.1. The highest BCUT2D eigenvalue weighted by Crippen LogP contribution is 2.32. The van der Waals surface area contributed by atoms with Gasteiger partial charge in [0, 0.05) is 41.3 Å². The Morgan fingerprint density at radius 2 is 1.86 bits per heavy atom. The SMILES string of the molecule is [N-]=[N+]=Nc1ccccc1C[C@]1(C(=O)Nc2ccccc2)COC(c2ccc(OCCCO)cc2)=N1. The zero-order chi connectivity index (χ0) is 24.5. The Balaban J connectivity index is 1.64. The third-order valence-corrected chi connectivity index (χ3v) is 5.52. The van der Waals surface area contributed by atoms with Crippen LogP contribution >= 0.6 is 0 Å². The molecule has 0 bridgehead atoms. The van der Waals surface area contributed by atoms with Gasteiger partial charge in [-0.25, -0.2) is 4.99 Å². The average Bonchev–Trinajstić information content (AvgIpc) is 3.32. The number of rotatable bonds is 10. The molecule has 178 valence electrons. The van der Waals surface area contributed by atoms with E-state index in [0.717, 1.165) is 0 Å². The second-order valence-electron chi connectivity index (χ2n) is 8.00. The van der Waals surface area contributed by atoms with Crippen molar-refractivity contribution in [2.75, 3.05) is 25.1 Å². The highest BCUT2D eigenvalue weighted by molar-refractivity contribution is 6.04. The zero-order valence-corrected chi connectivity index (χ0v) is 19.0. The van der Waals surface area contributed by atoms with Gasteiger partial charge in [0.2, 0.25) is 5.90 Å². The Hall–Kier alpha value is -4.33. The molecule has 1 amide bonds. The van der Waals surface area contributed by atoms with Crippen molar-refractivity contribution in [2.45, 2.75) is 18.4 Å². The number of nitrogens with zero attached hydrogens (tertiary/aromatic N) is 4. The lowest BCUT2D eigenvalue weighted by molar-refractivity contribution is -0.121. The van der Waals surface area contributed by atoms with E-state index in [-0.39, 0.29) is 25.5 Å². The molecule has 0 aromatic heterocycles. The Bertz CT molecular complexity index is 1240. The molecule has 1 atom stereocenters. The standard InChI is InChI=1S/C26H25N5O4/c27-31-30-23-10-5-4-7-20(23)17-26(25(33)28-21-8-2-1-3-9-21)18-35-24(29-26)19-11-13-22(14-12-19)34-16-6-15-32/h1-5,7-14,32H,6,15-18H2,(H,28,33)/t26-/m1/s1. The lowest BCUT2D eigenvalue weighted by Crippen LogP contribution is -2.44. The van der Waals surface area contributed by atoms with Gasteiger partial charge >= 0.3 is 0 Å². The minimum absolute atomic E-state index is 0.0281. The zero-order valence-electron chi connectivity index (χ0n) is 19.0. The molecule has 0 radical (unpaired) electrons. The normalized spacial score (nSPS) is 16.5. The Kier molecular flexibility index (Phi) is 7.62. The van der Waals surface area contributed by atoms with Gasteiger partial charge in [-0.15, -0.1) is 0 Å². The first kappa shape index (κ1) is 23.8. The monoisotopic (exact) mass is 471 g/mol. The maximum Gasteiger partial charge on any atom is 0.256 e. The lowest BCUT2D eigenvalue weighted by Gasteiger charge is -2.24. The summed E-state index contributed by atoms with van der Waals surface area (Å²) in [7, 11) is 0. The summed E-state index contributed by atoms with van der Waals surface area (Å²) < 4.78 is 11.5. The van der Waals surface area contributed by atoms with Crippen molar-refractivity contribution >= 4 is 23.2 Å². The van der Waals surface area contributed by atoms with Gasteiger partial charge in [0.15, 0.2) is 5.54 Å². The number of aliphatic imine (C=N–C) groups is 1. The van der Waals surface area contributed by atoms with Crippen LogP contribution < -0.4 is 10.1 Å². The second-order valence-corrected chi connectivity index (χ2v) is 8.00. The van der Waals surface area contributed by atoms with Crippen molar-refractivity contribution < 1.29 is 19.4 Å². The number of hydrogen-bond acceptors (Lipinski definition) is 6. The quantitative estimate of drug-likeness (QED) is 0.191. The molecular formula is C26H25N5O4. The molecule has 1 aliphatic heterocycles. The fourth-order valence-electron chi connectivity index (χ4n) is 3.72. The Morgan fingerprint density at radius 3 is 2.60 bits per heavy atom. The predicted molar refractivity (Wildman–Crippen MR) is 133 cm³/mol. The molecule has 0 saturated heterocycles. The number of carbonyl (C=O) groups is 1. The molecule has 3 aromatic rings. The van der Waals surface area contributed by atoms with Crippen LogP contribution in [0.4, 0.5) is 11.4 Å². The minimum atomic E-state index is -1.26. The predicted octanol–water partition coefficient (Wildman–Crippen LogP) is 4.79. The van der Waals surface area contributed by atoms with Crippen LogP contribution in [0.2, 0.25) is 0 Å². The number of azide groups is 1. The van der Waals surface area contributed by atoms with E-state index in [1.165, 1.54) is 0 Å². The van der Waals surface area contributed by atoms with Crippen LogP contribution in [0.25, 0.3) is 10.4 Å². The number of amides is 1. The molecule has 4 rings (SSSR count). The molecular weight excluding hydrogens is 446 g/mol. The van der Waals surface area contributed by atoms with Crippen LogP contribution in [0, 0.1) is 0 Å². The van der Waals surface area contributed by atoms with Crippen LogP contribution in [-0.2, 0) is 16.0 Å². The van der Waals surface area contributed by atoms with Crippen LogP contribution in [0.5, 0.6) is 5.75 Å². The van der Waals surface area contributed by atoms with Crippen LogP contribution in [-0.4, -0.2) is 42.3 Å². The van der Waals surface area contributed by atoms with Crippen molar-refractivity contribution in [3.05, 3.63) is 100 Å². The summed E-state index contributed by atoms with van der Waals surface area (Å²) in [5.41, 5.74) is 10.2. The van der Waals surface area contributed by atoms with E-state index in [0.29, 0.717) is 47.2 Å². The smallest absolute Gasteiger partial charge is 0.256 e. The van der Waals surface area contributed by atoms with Crippen LogP contribution in [0.1, 0.15) is 17.5 Å². The van der Waals surface area contributed by atoms with Crippen molar-refractivity contribution in [1.29, 1.82) is 0 Å². The molecule has 35 heavy (non-hydrogen) atoms. The summed E-state index contributed by atoms with van der Waals surface area (Å²) in [6.45, 7) is 0.514. The molecule has 1 heterocycles. The largest absolute Gasteiger partial charge is 0.494 e. The molecule has 0 fully saturated rings. The van der Waals surface area contributed by atoms with Gasteiger partial charge in [-0.1, -0.05) is 47.6 Å². The van der Waals surface area contributed by atoms with Crippen molar-refractivity contribution in [3.63, 3.8) is 0 Å². The molecule has 1 aliphatic rings. The van der Waals surface area contributed by atoms with Crippen LogP contribution in [0.3, 0.4) is 0 Å². The summed E-state index contributed by atoms with van der Waals surface area (Å²) in [6.07, 6.45) is 0.737. The number of hydrogen-bond donors (Lipinski definition) is 2. The van der Waals surface area contributed by atoms with E-state index < -0.39 is 5.54 Å². The fourth-order valence-corrected chi connectivity index (χ4v) is 3.72. The van der Waals surface area contributed by atoms with Crippen LogP contribution in [0.15, 0.2) is 89.0 Å². The Morgan fingerprint density at radius 1 is 1.11 bits per heavy atom. The highest BCUT2D eigenvalue weighted by Gasteiger charge is 2.45. The van der Waals surface area contributed by atoms with Crippen molar-refractivity contribution in [3.8, 4) is 5.75 Å². The summed E-state index contributed by atoms with van der Waals surface area (Å²) in [4.78, 5) is 21.2. The Labute approximate surface area is 202 Å². The van der Waals surface area contributed by atoms with E-state index in [9.17, 15) is 4.79 Å². The molecule has 0 unspecified atom stereocenters. The summed E-state index contributed by atoms with van der Waals surface area (Å²) >= 11 is 0. The molecule has 0 saturated carbocycles. The van der Waals surface area contributed by atoms with Gasteiger partial charge in [-0.2, -0.15) is 0 Å². The van der Waals surface area contributed by atoms with Gasteiger partial charge in [0.05, 0.1) is 6.61 Å². The second kappa shape index (κ2) is 11.2. The van der Waals surface area contributed by atoms with E-state index in [1.807, 2.05) is 42.5 Å². The lowest BCUT2D eigenvalue weighted by atomic mass is 9.90. The highest BCUT2D eigenvalue weighted by atomic mass is 16.5. The molecule has 0 spiro atoms. The molecule has 0 aliphatic carbocycles. The number of benzene rings is 3. The first-order valence-corrected chi connectivity index (χ1v) is 11.2. The average molecular weight is 472 g/mol. The summed E-state index contributed by atoms with van der Waals surface area (Å²) in [5.74, 6) is 0.687. The number of para-hydroxylation sites is 1. The van der Waals surface area contributed by atoms with Crippen molar-refractivity contribution in [1.82, 2.24) is 0 Å². The third-order valence-electron chi connectivity index (χ3n) is 5.52.